The standard InChI is InChI=1S/C23H24N4O4S/c1-25(2)11-6-12-26(23-24-18-10-9-15(31-3)13-19(18)32-23)20(28)14-27-21(29)16-7-4-5-8-17(16)22(27)30/h4-5,7-10,13H,6,11-12,14H2,1-3H3. The Morgan fingerprint density at radius 1 is 1.06 bits per heavy atom. The number of fused-ring (bicyclic) bond motifs is 2. The van der Waals surface area contributed by atoms with Crippen LogP contribution in [0.15, 0.2) is 42.5 Å². The van der Waals surface area contributed by atoms with Crippen molar-refractivity contribution in [2.75, 3.05) is 45.7 Å². The number of amides is 3. The average molecular weight is 453 g/mol. The van der Waals surface area contributed by atoms with Gasteiger partial charge in [0.2, 0.25) is 5.91 Å². The number of hydrogen-bond donors (Lipinski definition) is 0. The number of anilines is 1. The lowest BCUT2D eigenvalue weighted by Gasteiger charge is -2.23. The molecule has 1 aliphatic heterocycles. The fourth-order valence-corrected chi connectivity index (χ4v) is 4.65. The number of ether oxygens (including phenoxy) is 1. The summed E-state index contributed by atoms with van der Waals surface area (Å²) in [6.45, 7) is 0.889. The van der Waals surface area contributed by atoms with E-state index >= 15 is 0 Å². The summed E-state index contributed by atoms with van der Waals surface area (Å²) in [4.78, 5) is 48.0. The van der Waals surface area contributed by atoms with Gasteiger partial charge >= 0.3 is 0 Å². The fraction of sp³-hybridized carbons (Fsp3) is 0.304. The molecule has 9 heteroatoms. The average Bonchev–Trinajstić information content (AvgIpc) is 3.30. The predicted octanol–water partition coefficient (Wildman–Crippen LogP) is 2.89. The summed E-state index contributed by atoms with van der Waals surface area (Å²) in [6, 6.07) is 12.2. The molecule has 1 aliphatic rings. The Labute approximate surface area is 190 Å². The monoisotopic (exact) mass is 452 g/mol. The number of imide groups is 1. The van der Waals surface area contributed by atoms with Crippen molar-refractivity contribution in [2.24, 2.45) is 0 Å². The van der Waals surface area contributed by atoms with Crippen LogP contribution < -0.4 is 9.64 Å². The van der Waals surface area contributed by atoms with Gasteiger partial charge in [-0.25, -0.2) is 4.98 Å². The molecular weight excluding hydrogens is 428 g/mol. The molecule has 0 unspecified atom stereocenters. The molecule has 0 spiro atoms. The van der Waals surface area contributed by atoms with Crippen molar-refractivity contribution in [1.82, 2.24) is 14.8 Å². The smallest absolute Gasteiger partial charge is 0.262 e. The zero-order chi connectivity index (χ0) is 22.8. The van der Waals surface area contributed by atoms with Gasteiger partial charge in [0.05, 0.1) is 28.5 Å². The highest BCUT2D eigenvalue weighted by molar-refractivity contribution is 7.22. The number of aromatic nitrogens is 1. The fourth-order valence-electron chi connectivity index (χ4n) is 3.61. The second-order valence-corrected chi connectivity index (χ2v) is 8.78. The Hall–Kier alpha value is -3.30. The number of hydrogen-bond acceptors (Lipinski definition) is 7. The van der Waals surface area contributed by atoms with Crippen LogP contribution in [0.2, 0.25) is 0 Å². The normalized spacial score (nSPS) is 13.2. The molecule has 1 aromatic heterocycles. The van der Waals surface area contributed by atoms with Crippen LogP contribution in [0, 0.1) is 0 Å². The Morgan fingerprint density at radius 2 is 1.75 bits per heavy atom. The van der Waals surface area contributed by atoms with E-state index in [9.17, 15) is 14.4 Å². The Balaban J connectivity index is 1.60. The zero-order valence-corrected chi connectivity index (χ0v) is 19.0. The van der Waals surface area contributed by atoms with Gasteiger partial charge in [-0.2, -0.15) is 0 Å². The first-order valence-corrected chi connectivity index (χ1v) is 11.1. The summed E-state index contributed by atoms with van der Waals surface area (Å²) in [6.07, 6.45) is 0.722. The molecule has 3 amide bonds. The number of rotatable bonds is 8. The summed E-state index contributed by atoms with van der Waals surface area (Å²) < 4.78 is 6.18. The molecule has 3 aromatic rings. The molecule has 32 heavy (non-hydrogen) atoms. The highest BCUT2D eigenvalue weighted by atomic mass is 32.1. The predicted molar refractivity (Wildman–Crippen MR) is 124 cm³/mol. The lowest BCUT2D eigenvalue weighted by atomic mass is 10.1. The van der Waals surface area contributed by atoms with Crippen molar-refractivity contribution < 1.29 is 19.1 Å². The molecule has 166 valence electrons. The Kier molecular flexibility index (Phi) is 6.20. The van der Waals surface area contributed by atoms with E-state index in [0.29, 0.717) is 28.6 Å². The van der Waals surface area contributed by atoms with Crippen molar-refractivity contribution in [3.05, 3.63) is 53.6 Å². The minimum Gasteiger partial charge on any atom is -0.497 e. The third kappa shape index (κ3) is 4.21. The Morgan fingerprint density at radius 3 is 2.38 bits per heavy atom. The summed E-state index contributed by atoms with van der Waals surface area (Å²) in [5, 5.41) is 0.536. The third-order valence-electron chi connectivity index (χ3n) is 5.27. The minimum absolute atomic E-state index is 0.326. The molecule has 4 rings (SSSR count). The van der Waals surface area contributed by atoms with Crippen molar-refractivity contribution in [2.45, 2.75) is 6.42 Å². The summed E-state index contributed by atoms with van der Waals surface area (Å²) in [5.74, 6) is -0.518. The van der Waals surface area contributed by atoms with Gasteiger partial charge in [0.1, 0.15) is 12.3 Å². The summed E-state index contributed by atoms with van der Waals surface area (Å²) in [7, 11) is 5.53. The second-order valence-electron chi connectivity index (χ2n) is 7.77. The van der Waals surface area contributed by atoms with E-state index < -0.39 is 11.8 Å². The van der Waals surface area contributed by atoms with Gasteiger partial charge in [0.15, 0.2) is 5.13 Å². The zero-order valence-electron chi connectivity index (χ0n) is 18.2. The summed E-state index contributed by atoms with van der Waals surface area (Å²) >= 11 is 1.38. The molecule has 0 bridgehead atoms. The van der Waals surface area contributed by atoms with E-state index in [2.05, 4.69) is 4.98 Å². The van der Waals surface area contributed by atoms with Crippen LogP contribution in [0.25, 0.3) is 10.2 Å². The molecular formula is C23H24N4O4S. The second kappa shape index (κ2) is 9.05. The van der Waals surface area contributed by atoms with Gasteiger partial charge in [-0.05, 0) is 57.4 Å². The molecule has 2 heterocycles. The molecule has 0 aliphatic carbocycles. The van der Waals surface area contributed by atoms with Crippen LogP contribution in [0.1, 0.15) is 27.1 Å². The number of thiazole rings is 1. The van der Waals surface area contributed by atoms with Gasteiger partial charge < -0.3 is 9.64 Å². The lowest BCUT2D eigenvalue weighted by molar-refractivity contribution is -0.119. The van der Waals surface area contributed by atoms with Crippen molar-refractivity contribution >= 4 is 44.4 Å². The van der Waals surface area contributed by atoms with Gasteiger partial charge in [-0.1, -0.05) is 23.5 Å². The van der Waals surface area contributed by atoms with Crippen LogP contribution in [0.3, 0.4) is 0 Å². The number of methoxy groups -OCH3 is 1. The van der Waals surface area contributed by atoms with E-state index in [1.54, 1.807) is 36.3 Å². The number of carbonyl (C=O) groups excluding carboxylic acids is 3. The SMILES string of the molecule is COc1ccc2nc(N(CCCN(C)C)C(=O)CN3C(=O)c4ccccc4C3=O)sc2c1. The quantitative estimate of drug-likeness (QED) is 0.489. The minimum atomic E-state index is -0.443. The molecule has 2 aromatic carbocycles. The topological polar surface area (TPSA) is 83.1 Å². The Bertz CT molecular complexity index is 1150. The third-order valence-corrected chi connectivity index (χ3v) is 6.32. The van der Waals surface area contributed by atoms with E-state index in [1.165, 1.54) is 11.3 Å². The summed E-state index contributed by atoms with van der Waals surface area (Å²) in [5.41, 5.74) is 1.42. The lowest BCUT2D eigenvalue weighted by Crippen LogP contribution is -2.43. The molecule has 8 nitrogen and oxygen atoms in total. The largest absolute Gasteiger partial charge is 0.497 e. The number of benzene rings is 2. The molecule has 0 saturated heterocycles. The highest BCUT2D eigenvalue weighted by Crippen LogP contribution is 2.32. The maximum atomic E-state index is 13.3. The van der Waals surface area contributed by atoms with Crippen molar-refractivity contribution in [3.8, 4) is 5.75 Å². The first-order chi connectivity index (χ1) is 15.4. The van der Waals surface area contributed by atoms with Gasteiger partial charge in [0.25, 0.3) is 11.8 Å². The van der Waals surface area contributed by atoms with Gasteiger partial charge in [-0.15, -0.1) is 0 Å². The van der Waals surface area contributed by atoms with Crippen LogP contribution >= 0.6 is 11.3 Å². The van der Waals surface area contributed by atoms with Crippen LogP contribution in [-0.2, 0) is 4.79 Å². The van der Waals surface area contributed by atoms with Crippen molar-refractivity contribution in [3.63, 3.8) is 0 Å². The van der Waals surface area contributed by atoms with Crippen LogP contribution in [0.4, 0.5) is 5.13 Å². The van der Waals surface area contributed by atoms with Gasteiger partial charge in [-0.3, -0.25) is 24.2 Å². The van der Waals surface area contributed by atoms with Crippen LogP contribution in [0.5, 0.6) is 5.75 Å². The van der Waals surface area contributed by atoms with E-state index in [-0.39, 0.29) is 12.5 Å². The first-order valence-electron chi connectivity index (χ1n) is 10.2. The molecule has 0 fully saturated rings. The van der Waals surface area contributed by atoms with Crippen molar-refractivity contribution in [1.29, 1.82) is 0 Å². The number of nitrogens with zero attached hydrogens (tertiary/aromatic N) is 4. The molecule has 0 radical (unpaired) electrons. The molecule has 0 atom stereocenters. The maximum absolute atomic E-state index is 13.3. The van der Waals surface area contributed by atoms with Gasteiger partial charge in [0, 0.05) is 6.54 Å². The molecule has 0 saturated carbocycles. The van der Waals surface area contributed by atoms with E-state index in [1.807, 2.05) is 37.2 Å². The van der Waals surface area contributed by atoms with E-state index in [4.69, 9.17) is 4.74 Å². The van der Waals surface area contributed by atoms with Crippen LogP contribution in [-0.4, -0.2) is 73.3 Å². The maximum Gasteiger partial charge on any atom is 0.262 e. The molecule has 0 N–H and O–H groups in total. The number of carbonyl (C=O) groups is 3. The first kappa shape index (κ1) is 21.9. The van der Waals surface area contributed by atoms with E-state index in [0.717, 1.165) is 28.1 Å². The highest BCUT2D eigenvalue weighted by Gasteiger charge is 2.37.